The zero-order valence-electron chi connectivity index (χ0n) is 14.6. The van der Waals surface area contributed by atoms with Crippen molar-refractivity contribution in [3.63, 3.8) is 0 Å². The number of aromatic nitrogens is 1. The summed E-state index contributed by atoms with van der Waals surface area (Å²) >= 11 is 0. The molecular formula is C21H16N2O4. The number of pyridine rings is 1. The van der Waals surface area contributed by atoms with E-state index in [1.807, 2.05) is 18.2 Å². The molecule has 1 aromatic heterocycles. The van der Waals surface area contributed by atoms with E-state index in [1.54, 1.807) is 43.3 Å². The molecule has 6 heteroatoms. The Labute approximate surface area is 155 Å². The van der Waals surface area contributed by atoms with E-state index in [0.717, 1.165) is 10.9 Å². The summed E-state index contributed by atoms with van der Waals surface area (Å²) in [6.07, 6.45) is 0. The molecule has 0 spiro atoms. The monoisotopic (exact) mass is 360 g/mol. The van der Waals surface area contributed by atoms with Crippen LogP contribution in [0.25, 0.3) is 10.9 Å². The normalized spacial score (nSPS) is 15.3. The molecule has 27 heavy (non-hydrogen) atoms. The lowest BCUT2D eigenvalue weighted by Crippen LogP contribution is -2.15. The van der Waals surface area contributed by atoms with Gasteiger partial charge in [-0.1, -0.05) is 24.3 Å². The van der Waals surface area contributed by atoms with E-state index in [-0.39, 0.29) is 29.9 Å². The smallest absolute Gasteiger partial charge is 0.357 e. The van der Waals surface area contributed by atoms with Crippen LogP contribution in [0.5, 0.6) is 0 Å². The Balaban J connectivity index is 1.46. The highest BCUT2D eigenvalue weighted by atomic mass is 16.5. The van der Waals surface area contributed by atoms with Gasteiger partial charge in [-0.15, -0.1) is 0 Å². The van der Waals surface area contributed by atoms with Crippen LogP contribution in [0.15, 0.2) is 54.6 Å². The number of hydrogen-bond acceptors (Lipinski definition) is 5. The van der Waals surface area contributed by atoms with Crippen molar-refractivity contribution in [1.29, 1.82) is 0 Å². The van der Waals surface area contributed by atoms with Gasteiger partial charge in [-0.25, -0.2) is 9.78 Å². The summed E-state index contributed by atoms with van der Waals surface area (Å²) in [7, 11) is 0. The second-order valence-corrected chi connectivity index (χ2v) is 6.40. The number of ketones is 1. The van der Waals surface area contributed by atoms with Gasteiger partial charge >= 0.3 is 5.97 Å². The Bertz CT molecular complexity index is 1090. The lowest BCUT2D eigenvalue weighted by atomic mass is 9.99. The van der Waals surface area contributed by atoms with Gasteiger partial charge < -0.3 is 10.1 Å². The van der Waals surface area contributed by atoms with Crippen molar-refractivity contribution < 1.29 is 19.1 Å². The van der Waals surface area contributed by atoms with Crippen LogP contribution in [0.2, 0.25) is 0 Å². The summed E-state index contributed by atoms with van der Waals surface area (Å²) in [5.74, 6) is -1.39. The summed E-state index contributed by atoms with van der Waals surface area (Å²) in [6, 6.07) is 15.8. The summed E-state index contributed by atoms with van der Waals surface area (Å²) < 4.78 is 5.13. The number of nitrogens with one attached hydrogen (secondary N) is 1. The lowest BCUT2D eigenvalue weighted by Gasteiger charge is -2.07. The fraction of sp³-hybridized carbons (Fsp3) is 0.143. The lowest BCUT2D eigenvalue weighted by molar-refractivity contribution is -0.116. The van der Waals surface area contributed by atoms with Crippen LogP contribution in [0.4, 0.5) is 5.69 Å². The average Bonchev–Trinajstić information content (AvgIpc) is 2.98. The summed E-state index contributed by atoms with van der Waals surface area (Å²) in [5, 5.41) is 3.67. The van der Waals surface area contributed by atoms with Gasteiger partial charge in [0.2, 0.25) is 5.91 Å². The molecular weight excluding hydrogens is 344 g/mol. The number of esters is 1. The Kier molecular flexibility index (Phi) is 4.16. The van der Waals surface area contributed by atoms with E-state index in [4.69, 9.17) is 4.74 Å². The molecule has 1 amide bonds. The first-order valence-electron chi connectivity index (χ1n) is 8.54. The Morgan fingerprint density at radius 3 is 2.78 bits per heavy atom. The number of hydrogen-bond donors (Lipinski definition) is 1. The molecule has 0 saturated heterocycles. The molecule has 0 bridgehead atoms. The molecule has 2 aromatic carbocycles. The van der Waals surface area contributed by atoms with Gasteiger partial charge in [-0.2, -0.15) is 0 Å². The largest absolute Gasteiger partial charge is 0.453 e. The van der Waals surface area contributed by atoms with Gasteiger partial charge in [-0.3, -0.25) is 9.59 Å². The van der Waals surface area contributed by atoms with Crippen molar-refractivity contribution >= 4 is 34.3 Å². The molecule has 1 N–H and O–H groups in total. The zero-order valence-corrected chi connectivity index (χ0v) is 14.6. The molecule has 3 aromatic rings. The van der Waals surface area contributed by atoms with E-state index in [1.165, 1.54) is 0 Å². The molecule has 0 saturated carbocycles. The molecule has 2 heterocycles. The van der Waals surface area contributed by atoms with Crippen molar-refractivity contribution in [3.05, 3.63) is 71.4 Å². The van der Waals surface area contributed by atoms with Gasteiger partial charge in [0.15, 0.2) is 12.4 Å². The second kappa shape index (κ2) is 6.64. The molecule has 0 fully saturated rings. The van der Waals surface area contributed by atoms with Crippen molar-refractivity contribution in [2.75, 3.05) is 11.9 Å². The average molecular weight is 360 g/mol. The molecule has 0 radical (unpaired) electrons. The maximum atomic E-state index is 12.4. The number of carbonyl (C=O) groups is 3. The van der Waals surface area contributed by atoms with Crippen LogP contribution in [0, 0.1) is 0 Å². The van der Waals surface area contributed by atoms with Crippen molar-refractivity contribution in [3.8, 4) is 0 Å². The maximum Gasteiger partial charge on any atom is 0.357 e. The zero-order chi connectivity index (χ0) is 19.0. The predicted octanol–water partition coefficient (Wildman–Crippen LogP) is 3.33. The van der Waals surface area contributed by atoms with E-state index in [0.29, 0.717) is 16.8 Å². The number of carbonyl (C=O) groups excluding carboxylic acids is 3. The number of nitrogens with zero attached hydrogens (tertiary/aromatic N) is 1. The van der Waals surface area contributed by atoms with Crippen LogP contribution in [0.3, 0.4) is 0 Å². The van der Waals surface area contributed by atoms with Crippen LogP contribution >= 0.6 is 0 Å². The third kappa shape index (κ3) is 3.17. The molecule has 0 unspecified atom stereocenters. The van der Waals surface area contributed by atoms with E-state index < -0.39 is 5.97 Å². The third-order valence-corrected chi connectivity index (χ3v) is 4.63. The number of benzene rings is 2. The van der Waals surface area contributed by atoms with Crippen LogP contribution in [-0.4, -0.2) is 29.3 Å². The van der Waals surface area contributed by atoms with Gasteiger partial charge in [0.05, 0.1) is 11.4 Å². The van der Waals surface area contributed by atoms with Crippen LogP contribution in [0.1, 0.15) is 39.3 Å². The fourth-order valence-electron chi connectivity index (χ4n) is 3.06. The quantitative estimate of drug-likeness (QED) is 0.570. The summed E-state index contributed by atoms with van der Waals surface area (Å²) in [6.45, 7) is 1.39. The number of ether oxygens (including phenoxy) is 1. The van der Waals surface area contributed by atoms with Gasteiger partial charge in [-0.05, 0) is 42.8 Å². The van der Waals surface area contributed by atoms with Crippen molar-refractivity contribution in [2.24, 2.45) is 0 Å². The number of fused-ring (bicyclic) bond motifs is 2. The number of amides is 1. The van der Waals surface area contributed by atoms with Gasteiger partial charge in [0.1, 0.15) is 5.69 Å². The fourth-order valence-corrected chi connectivity index (χ4v) is 3.06. The molecule has 134 valence electrons. The Morgan fingerprint density at radius 1 is 1.11 bits per heavy atom. The highest BCUT2D eigenvalue weighted by Crippen LogP contribution is 2.32. The first kappa shape index (κ1) is 16.9. The topological polar surface area (TPSA) is 85.4 Å². The molecule has 0 aliphatic carbocycles. The van der Waals surface area contributed by atoms with Crippen LogP contribution in [-0.2, 0) is 9.53 Å². The molecule has 6 nitrogen and oxygen atoms in total. The van der Waals surface area contributed by atoms with Gasteiger partial charge in [0.25, 0.3) is 0 Å². The minimum absolute atomic E-state index is 0.0941. The number of rotatable bonds is 4. The number of Topliss-reactive ketones (excluding diaryl/α,β-unsaturated/α-hetero) is 1. The Morgan fingerprint density at radius 2 is 1.93 bits per heavy atom. The molecule has 1 atom stereocenters. The Hall–Kier alpha value is -3.54. The molecule has 1 aliphatic heterocycles. The second-order valence-electron chi connectivity index (χ2n) is 6.40. The first-order valence-corrected chi connectivity index (χ1v) is 8.54. The van der Waals surface area contributed by atoms with E-state index in [2.05, 4.69) is 10.3 Å². The predicted molar refractivity (Wildman–Crippen MR) is 99.8 cm³/mol. The standard InChI is InChI=1S/C21H16N2O4/c1-12-15-10-14(7-8-17(15)23-20(12)25)19(24)11-27-21(26)18-9-6-13-4-2-3-5-16(13)22-18/h2-10,12H,11H2,1H3,(H,23,25)/t12-/m0/s1. The summed E-state index contributed by atoms with van der Waals surface area (Å²) in [5.41, 5.74) is 2.72. The van der Waals surface area contributed by atoms with Crippen molar-refractivity contribution in [2.45, 2.75) is 12.8 Å². The SMILES string of the molecule is C[C@@H]1C(=O)Nc2ccc(C(=O)COC(=O)c3ccc4ccccc4n3)cc21. The highest BCUT2D eigenvalue weighted by Gasteiger charge is 2.27. The summed E-state index contributed by atoms with van der Waals surface area (Å²) in [4.78, 5) is 40.6. The van der Waals surface area contributed by atoms with Crippen molar-refractivity contribution in [1.82, 2.24) is 4.98 Å². The van der Waals surface area contributed by atoms with Gasteiger partial charge in [0, 0.05) is 16.6 Å². The van der Waals surface area contributed by atoms with E-state index in [9.17, 15) is 14.4 Å². The number of para-hydroxylation sites is 1. The van der Waals surface area contributed by atoms with Crippen LogP contribution < -0.4 is 5.32 Å². The minimum atomic E-state index is -0.652. The molecule has 4 rings (SSSR count). The first-order chi connectivity index (χ1) is 13.0. The molecule has 1 aliphatic rings. The minimum Gasteiger partial charge on any atom is -0.453 e. The number of anilines is 1. The third-order valence-electron chi connectivity index (χ3n) is 4.63. The van der Waals surface area contributed by atoms with E-state index >= 15 is 0 Å². The highest BCUT2D eigenvalue weighted by molar-refractivity contribution is 6.05. The maximum absolute atomic E-state index is 12.4.